The third-order valence-electron chi connectivity index (χ3n) is 2.37. The second-order valence-electron chi connectivity index (χ2n) is 3.68. The van der Waals surface area contributed by atoms with Gasteiger partial charge in [0.05, 0.1) is 11.0 Å². The van der Waals surface area contributed by atoms with E-state index in [1.54, 1.807) is 18.2 Å². The smallest absolute Gasteiger partial charge is 0.241 e. The van der Waals surface area contributed by atoms with Gasteiger partial charge in [0.15, 0.2) is 0 Å². The molecule has 0 fully saturated rings. The molecule has 0 aliphatic carbocycles. The number of aliphatic hydroxyl groups is 1. The Labute approximate surface area is 110 Å². The van der Waals surface area contributed by atoms with Gasteiger partial charge in [0.25, 0.3) is 0 Å². The molecule has 0 heterocycles. The van der Waals surface area contributed by atoms with Crippen LogP contribution in [0.5, 0.6) is 0 Å². The predicted octanol–water partition coefficient (Wildman–Crippen LogP) is 1.89. The average Bonchev–Trinajstić information content (AvgIpc) is 2.28. The zero-order valence-corrected chi connectivity index (χ0v) is 12.0. The van der Waals surface area contributed by atoms with Gasteiger partial charge in [-0.15, -0.1) is 0 Å². The maximum atomic E-state index is 11.9. The largest absolute Gasteiger partial charge is 0.393 e. The molecule has 17 heavy (non-hydrogen) atoms. The summed E-state index contributed by atoms with van der Waals surface area (Å²) in [5.74, 6) is 0. The van der Waals surface area contributed by atoms with Gasteiger partial charge in [-0.2, -0.15) is 0 Å². The molecule has 1 unspecified atom stereocenters. The Bertz CT molecular complexity index is 462. The number of hydrogen-bond acceptors (Lipinski definition) is 3. The van der Waals surface area contributed by atoms with Crippen molar-refractivity contribution in [2.75, 3.05) is 6.54 Å². The van der Waals surface area contributed by atoms with E-state index in [2.05, 4.69) is 20.7 Å². The molecule has 0 radical (unpaired) electrons. The highest BCUT2D eigenvalue weighted by Gasteiger charge is 2.16. The van der Waals surface area contributed by atoms with E-state index in [1.165, 1.54) is 6.07 Å². The zero-order valence-electron chi connectivity index (χ0n) is 9.56. The van der Waals surface area contributed by atoms with Crippen LogP contribution in [0.2, 0.25) is 0 Å². The maximum absolute atomic E-state index is 11.9. The van der Waals surface area contributed by atoms with E-state index >= 15 is 0 Å². The summed E-state index contributed by atoms with van der Waals surface area (Å²) < 4.78 is 26.8. The zero-order chi connectivity index (χ0) is 12.9. The van der Waals surface area contributed by atoms with E-state index in [1.807, 2.05) is 6.92 Å². The highest BCUT2D eigenvalue weighted by Crippen LogP contribution is 2.20. The van der Waals surface area contributed by atoms with Gasteiger partial charge in [0.2, 0.25) is 10.0 Å². The molecule has 1 aromatic rings. The summed E-state index contributed by atoms with van der Waals surface area (Å²) in [4.78, 5) is 0.214. The standard InChI is InChI=1S/C11H16BrNO3S/c1-2-9(14)7-8-13-17(15,16)11-6-4-3-5-10(11)12/h3-6,9,13-14H,2,7-8H2,1H3. The first-order chi connectivity index (χ1) is 7.97. The van der Waals surface area contributed by atoms with Crippen molar-refractivity contribution in [2.45, 2.75) is 30.8 Å². The molecule has 0 spiro atoms. The SMILES string of the molecule is CCC(O)CCNS(=O)(=O)c1ccccc1Br. The van der Waals surface area contributed by atoms with Gasteiger partial charge in [-0.25, -0.2) is 13.1 Å². The molecule has 0 aliphatic heterocycles. The van der Waals surface area contributed by atoms with E-state index < -0.39 is 16.1 Å². The molecule has 1 rings (SSSR count). The van der Waals surface area contributed by atoms with Crippen LogP contribution in [0.3, 0.4) is 0 Å². The van der Waals surface area contributed by atoms with Gasteiger partial charge in [-0.05, 0) is 40.9 Å². The number of rotatable bonds is 6. The Balaban J connectivity index is 2.67. The fourth-order valence-corrected chi connectivity index (χ4v) is 3.35. The van der Waals surface area contributed by atoms with Gasteiger partial charge < -0.3 is 5.11 Å². The quantitative estimate of drug-likeness (QED) is 0.840. The lowest BCUT2D eigenvalue weighted by Gasteiger charge is -2.10. The first-order valence-electron chi connectivity index (χ1n) is 5.39. The molecule has 6 heteroatoms. The molecule has 1 aromatic carbocycles. The second kappa shape index (κ2) is 6.49. The van der Waals surface area contributed by atoms with Crippen LogP contribution in [0.25, 0.3) is 0 Å². The Hall–Kier alpha value is -0.430. The van der Waals surface area contributed by atoms with Crippen LogP contribution in [-0.2, 0) is 10.0 Å². The molecular formula is C11H16BrNO3S. The minimum Gasteiger partial charge on any atom is -0.393 e. The Morgan fingerprint density at radius 3 is 2.65 bits per heavy atom. The minimum atomic E-state index is -3.50. The monoisotopic (exact) mass is 321 g/mol. The summed E-state index contributed by atoms with van der Waals surface area (Å²) >= 11 is 3.20. The van der Waals surface area contributed by atoms with E-state index in [0.717, 1.165) is 0 Å². The summed E-state index contributed by atoms with van der Waals surface area (Å²) in [6, 6.07) is 6.63. The molecule has 0 saturated heterocycles. The summed E-state index contributed by atoms with van der Waals surface area (Å²) in [5.41, 5.74) is 0. The highest BCUT2D eigenvalue weighted by molar-refractivity contribution is 9.10. The van der Waals surface area contributed by atoms with Crippen molar-refractivity contribution in [3.05, 3.63) is 28.7 Å². The molecule has 2 N–H and O–H groups in total. The average molecular weight is 322 g/mol. The van der Waals surface area contributed by atoms with Gasteiger partial charge in [-0.1, -0.05) is 19.1 Å². The van der Waals surface area contributed by atoms with Crippen molar-refractivity contribution < 1.29 is 13.5 Å². The summed E-state index contributed by atoms with van der Waals surface area (Å²) in [6.07, 6.45) is 0.577. The van der Waals surface area contributed by atoms with Crippen LogP contribution in [0.4, 0.5) is 0 Å². The summed E-state index contributed by atoms with van der Waals surface area (Å²) in [7, 11) is -3.50. The third kappa shape index (κ3) is 4.39. The molecule has 0 aromatic heterocycles. The number of benzene rings is 1. The maximum Gasteiger partial charge on any atom is 0.241 e. The van der Waals surface area contributed by atoms with Gasteiger partial charge in [-0.3, -0.25) is 0 Å². The lowest BCUT2D eigenvalue weighted by atomic mass is 10.2. The highest BCUT2D eigenvalue weighted by atomic mass is 79.9. The van der Waals surface area contributed by atoms with E-state index in [9.17, 15) is 13.5 Å². The molecule has 0 aliphatic rings. The van der Waals surface area contributed by atoms with Gasteiger partial charge >= 0.3 is 0 Å². The van der Waals surface area contributed by atoms with Gasteiger partial charge in [0, 0.05) is 11.0 Å². The topological polar surface area (TPSA) is 66.4 Å². The molecular weight excluding hydrogens is 306 g/mol. The number of halogens is 1. The minimum absolute atomic E-state index is 0.214. The molecule has 0 bridgehead atoms. The molecule has 4 nitrogen and oxygen atoms in total. The first-order valence-corrected chi connectivity index (χ1v) is 7.67. The molecule has 0 amide bonds. The molecule has 1 atom stereocenters. The van der Waals surface area contributed by atoms with Crippen LogP contribution in [-0.4, -0.2) is 26.2 Å². The Morgan fingerprint density at radius 2 is 2.06 bits per heavy atom. The van der Waals surface area contributed by atoms with Crippen LogP contribution >= 0.6 is 15.9 Å². The fourth-order valence-electron chi connectivity index (χ4n) is 1.30. The van der Waals surface area contributed by atoms with Crippen molar-refractivity contribution in [1.82, 2.24) is 4.72 Å². The van der Waals surface area contributed by atoms with E-state index in [4.69, 9.17) is 0 Å². The fraction of sp³-hybridized carbons (Fsp3) is 0.455. The van der Waals surface area contributed by atoms with Crippen molar-refractivity contribution in [3.8, 4) is 0 Å². The predicted molar refractivity (Wildman–Crippen MR) is 70.2 cm³/mol. The normalized spacial score (nSPS) is 13.6. The summed E-state index contributed by atoms with van der Waals surface area (Å²) in [6.45, 7) is 2.09. The van der Waals surface area contributed by atoms with Crippen molar-refractivity contribution in [1.29, 1.82) is 0 Å². The number of aliphatic hydroxyl groups excluding tert-OH is 1. The molecule has 0 saturated carbocycles. The third-order valence-corrected chi connectivity index (χ3v) is 4.84. The van der Waals surface area contributed by atoms with Crippen LogP contribution in [0, 0.1) is 0 Å². The number of sulfonamides is 1. The van der Waals surface area contributed by atoms with E-state index in [-0.39, 0.29) is 11.4 Å². The van der Waals surface area contributed by atoms with Crippen molar-refractivity contribution in [3.63, 3.8) is 0 Å². The van der Waals surface area contributed by atoms with E-state index in [0.29, 0.717) is 17.3 Å². The van der Waals surface area contributed by atoms with Crippen molar-refractivity contribution in [2.24, 2.45) is 0 Å². The van der Waals surface area contributed by atoms with Crippen LogP contribution in [0.15, 0.2) is 33.6 Å². The van der Waals surface area contributed by atoms with Gasteiger partial charge in [0.1, 0.15) is 0 Å². The summed E-state index contributed by atoms with van der Waals surface area (Å²) in [5, 5.41) is 9.34. The second-order valence-corrected chi connectivity index (χ2v) is 6.27. The van der Waals surface area contributed by atoms with Crippen molar-refractivity contribution >= 4 is 26.0 Å². The first kappa shape index (κ1) is 14.6. The van der Waals surface area contributed by atoms with Crippen LogP contribution in [0.1, 0.15) is 19.8 Å². The van der Waals surface area contributed by atoms with Crippen LogP contribution < -0.4 is 4.72 Å². The lowest BCUT2D eigenvalue weighted by Crippen LogP contribution is -2.27. The molecule has 96 valence electrons. The number of hydrogen-bond donors (Lipinski definition) is 2. The Morgan fingerprint density at radius 1 is 1.41 bits per heavy atom. The Kier molecular flexibility index (Phi) is 5.58. The lowest BCUT2D eigenvalue weighted by molar-refractivity contribution is 0.162. The number of nitrogens with one attached hydrogen (secondary N) is 1.